The first kappa shape index (κ1) is 71.6. The number of nitrogens with two attached hydrogens (primary N) is 3. The van der Waals surface area contributed by atoms with Gasteiger partial charge in [0.1, 0.15) is 60.5 Å². The van der Waals surface area contributed by atoms with Gasteiger partial charge in [-0.3, -0.25) is 57.7 Å². The van der Waals surface area contributed by atoms with Crippen molar-refractivity contribution < 1.29 is 62.3 Å². The number of nitrogens with one attached hydrogen (secondary N) is 9. The predicted octanol–water partition coefficient (Wildman–Crippen LogP) is -0.731. The Morgan fingerprint density at radius 3 is 1.89 bits per heavy atom. The van der Waals surface area contributed by atoms with Crippen LogP contribution >= 0.6 is 0 Å². The van der Waals surface area contributed by atoms with Crippen molar-refractivity contribution in [3.05, 3.63) is 77.4 Å². The number of nitrogens with zero attached hydrogens (tertiary/aromatic N) is 2. The van der Waals surface area contributed by atoms with Gasteiger partial charge in [0.2, 0.25) is 65.0 Å². The number of hydrogen-bond acceptors (Lipinski definition) is 14. The summed E-state index contributed by atoms with van der Waals surface area (Å²) in [5.74, 6) is -11.5. The van der Waals surface area contributed by atoms with Gasteiger partial charge in [-0.2, -0.15) is 0 Å². The molecule has 4 rings (SSSR count). The highest BCUT2D eigenvalue weighted by molar-refractivity contribution is 6.00. The number of fused-ring (bicyclic) bond motifs is 1. The quantitative estimate of drug-likeness (QED) is 0.0306. The zero-order chi connectivity index (χ0) is 65.4. The lowest BCUT2D eigenvalue weighted by atomic mass is 9.98. The average molecular weight is 1230 g/mol. The molecule has 2 aliphatic rings. The first-order valence-electron chi connectivity index (χ1n) is 29.9. The van der Waals surface area contributed by atoms with Crippen molar-refractivity contribution in [3.8, 4) is 0 Å². The Morgan fingerprint density at radius 2 is 1.25 bits per heavy atom. The van der Waals surface area contributed by atoms with Gasteiger partial charge in [-0.15, -0.1) is 0 Å². The molecule has 27 nitrogen and oxygen atoms in total. The van der Waals surface area contributed by atoms with Gasteiger partial charge >= 0.3 is 5.97 Å². The summed E-state index contributed by atoms with van der Waals surface area (Å²) < 4.78 is 5.99. The number of aryl methyl sites for hydroxylation is 1. The molecule has 11 amide bonds. The molecular formula is C61H90N14O13. The Bertz CT molecular complexity index is 2860. The summed E-state index contributed by atoms with van der Waals surface area (Å²) in [4.78, 5) is 174. The minimum atomic E-state index is -1.72. The Kier molecular flexibility index (Phi) is 28.5. The van der Waals surface area contributed by atoms with Crippen LogP contribution in [0.15, 0.2) is 65.7 Å². The minimum absolute atomic E-state index is 0.0237. The largest absolute Gasteiger partial charge is 0.458 e. The number of carbonyl (C=O) groups is 12. The third-order valence-electron chi connectivity index (χ3n) is 14.7. The SMILES string of the molecule is Cc1ccccc1C=CC(=O)NC1C(=O)NC(Cc2ccccc2)C(=O)NC(CC(C)C)C(=O)NC(C(C)C)C(=O)NC(C)C(=O)NC(CCC(N)=O)C(=O)NCC(=O)N2CCCC2C(=O)NC(CCCN=C(N)N)C(=O)NC(CC(C)C)C(=O)OC1C. The van der Waals surface area contributed by atoms with Crippen LogP contribution in [0.25, 0.3) is 6.08 Å². The fourth-order valence-corrected chi connectivity index (χ4v) is 9.90. The Morgan fingerprint density at radius 1 is 0.670 bits per heavy atom. The third kappa shape index (κ3) is 23.4. The molecule has 0 saturated carbocycles. The number of carbonyl (C=O) groups excluding carboxylic acids is 12. The maximum atomic E-state index is 14.9. The molecule has 0 spiro atoms. The summed E-state index contributed by atoms with van der Waals surface area (Å²) in [6.45, 7) is 14.3. The second-order valence-corrected chi connectivity index (χ2v) is 23.5. The van der Waals surface area contributed by atoms with Gasteiger partial charge in [0.25, 0.3) is 0 Å². The van der Waals surface area contributed by atoms with Crippen LogP contribution in [0, 0.1) is 24.7 Å². The normalized spacial score (nSPS) is 24.8. The number of aliphatic imine (C=N–C) groups is 1. The number of hydrogen-bond donors (Lipinski definition) is 12. The molecule has 2 heterocycles. The number of primary amides is 1. The van der Waals surface area contributed by atoms with Gasteiger partial charge in [-0.25, -0.2) is 4.79 Å². The van der Waals surface area contributed by atoms with Crippen LogP contribution in [0.1, 0.15) is 123 Å². The molecule has 2 fully saturated rings. The van der Waals surface area contributed by atoms with Crippen LogP contribution in [0.4, 0.5) is 0 Å². The van der Waals surface area contributed by atoms with Crippen LogP contribution in [0.3, 0.4) is 0 Å². The van der Waals surface area contributed by atoms with E-state index >= 15 is 0 Å². The van der Waals surface area contributed by atoms with E-state index in [0.717, 1.165) is 5.56 Å². The second kappa shape index (κ2) is 35.0. The summed E-state index contributed by atoms with van der Waals surface area (Å²) in [6, 6.07) is 3.23. The van der Waals surface area contributed by atoms with Crippen LogP contribution in [-0.4, -0.2) is 162 Å². The molecule has 0 aromatic heterocycles. The number of benzene rings is 2. The highest BCUT2D eigenvalue weighted by Crippen LogP contribution is 2.20. The highest BCUT2D eigenvalue weighted by atomic mass is 16.5. The van der Waals surface area contributed by atoms with Crippen molar-refractivity contribution in [2.75, 3.05) is 19.6 Å². The molecular weight excluding hydrogens is 1140 g/mol. The fraction of sp³-hybridized carbons (Fsp3) is 0.557. The second-order valence-electron chi connectivity index (χ2n) is 23.5. The maximum Gasteiger partial charge on any atom is 0.328 e. The van der Waals surface area contributed by atoms with E-state index in [2.05, 4.69) is 52.8 Å². The van der Waals surface area contributed by atoms with E-state index in [0.29, 0.717) is 17.5 Å². The van der Waals surface area contributed by atoms with Crippen molar-refractivity contribution in [1.82, 2.24) is 52.8 Å². The molecule has 0 bridgehead atoms. The van der Waals surface area contributed by atoms with Gasteiger partial charge in [0, 0.05) is 32.0 Å². The van der Waals surface area contributed by atoms with Crippen molar-refractivity contribution in [1.29, 1.82) is 0 Å². The number of guanidine groups is 1. The number of esters is 1. The molecule has 15 N–H and O–H groups in total. The average Bonchev–Trinajstić information content (AvgIpc) is 4.14. The van der Waals surface area contributed by atoms with Crippen molar-refractivity contribution in [2.45, 2.75) is 181 Å². The van der Waals surface area contributed by atoms with E-state index in [1.165, 1.54) is 30.9 Å². The number of ether oxygens (including phenoxy) is 1. The molecule has 10 unspecified atom stereocenters. The molecule has 2 aromatic carbocycles. The molecule has 0 aliphatic carbocycles. The van der Waals surface area contributed by atoms with E-state index in [4.69, 9.17) is 21.9 Å². The Labute approximate surface area is 513 Å². The fourth-order valence-electron chi connectivity index (χ4n) is 9.90. The molecule has 482 valence electrons. The highest BCUT2D eigenvalue weighted by Gasteiger charge is 2.40. The predicted molar refractivity (Wildman–Crippen MR) is 327 cm³/mol. The number of cyclic esters (lactones) is 1. The van der Waals surface area contributed by atoms with Crippen molar-refractivity contribution in [2.24, 2.45) is 39.9 Å². The van der Waals surface area contributed by atoms with E-state index < -0.39 is 144 Å². The molecule has 0 radical (unpaired) electrons. The lowest BCUT2D eigenvalue weighted by Crippen LogP contribution is -2.61. The summed E-state index contributed by atoms with van der Waals surface area (Å²) in [5.41, 5.74) is 18.6. The number of amides is 11. The van der Waals surface area contributed by atoms with Crippen molar-refractivity contribution in [3.63, 3.8) is 0 Å². The van der Waals surface area contributed by atoms with Gasteiger partial charge in [-0.05, 0) is 106 Å². The summed E-state index contributed by atoms with van der Waals surface area (Å²) >= 11 is 0. The molecule has 2 saturated heterocycles. The van der Waals surface area contributed by atoms with E-state index in [1.807, 2.05) is 19.1 Å². The van der Waals surface area contributed by atoms with Gasteiger partial charge < -0.3 is 74.7 Å². The molecule has 2 aliphatic heterocycles. The Hall–Kier alpha value is -8.91. The van der Waals surface area contributed by atoms with Crippen molar-refractivity contribution >= 4 is 83.0 Å². The maximum absolute atomic E-state index is 14.9. The Balaban J connectivity index is 1.85. The summed E-state index contributed by atoms with van der Waals surface area (Å²) in [5, 5.41) is 23.7. The monoisotopic (exact) mass is 1230 g/mol. The van der Waals surface area contributed by atoms with E-state index in [-0.39, 0.29) is 82.3 Å². The summed E-state index contributed by atoms with van der Waals surface area (Å²) in [7, 11) is 0. The zero-order valence-electron chi connectivity index (χ0n) is 51.8. The van der Waals surface area contributed by atoms with E-state index in [9.17, 15) is 57.5 Å². The molecule has 10 atom stereocenters. The lowest BCUT2D eigenvalue weighted by molar-refractivity contribution is -0.156. The first-order valence-corrected chi connectivity index (χ1v) is 29.9. The van der Waals surface area contributed by atoms with Crippen LogP contribution in [-0.2, 0) is 68.7 Å². The molecule has 88 heavy (non-hydrogen) atoms. The third-order valence-corrected chi connectivity index (χ3v) is 14.7. The lowest BCUT2D eigenvalue weighted by Gasteiger charge is -2.30. The van der Waals surface area contributed by atoms with Crippen LogP contribution < -0.4 is 65.1 Å². The van der Waals surface area contributed by atoms with Crippen LogP contribution in [0.5, 0.6) is 0 Å². The standard InChI is InChI=1S/C61H90N14O13/c1-33(2)29-43-56(83)74-50(35(5)6)58(85)67-37(8)52(79)68-42(24-25-47(62)76)53(80)66-32-49(78)75-28-16-22-46(75)57(84)69-41(21-15-27-65-61(63)64)54(81)72-45(30-34(3)4)60(87)88-38(9)51(73-48(77)26-23-40-20-14-13-17-36(40)7)59(86)71-44(55(82)70-43)31-39-18-11-10-12-19-39/h10-14,17-20,23,26,33-35,37-38,41-46,50-51H,15-16,21-22,24-25,27-32H2,1-9H3,(H2,62,76)(H,66,80)(H,67,85)(H,68,79)(H,69,84)(H,70,82)(H,71,86)(H,72,81)(H,73,77)(H,74,83)(H4,63,64,65). The van der Waals surface area contributed by atoms with Gasteiger partial charge in [-0.1, -0.05) is 96.1 Å². The number of rotatable bonds is 17. The summed E-state index contributed by atoms with van der Waals surface area (Å²) in [6.07, 6.45) is 0.938. The van der Waals surface area contributed by atoms with Gasteiger partial charge in [0.15, 0.2) is 5.96 Å². The molecule has 27 heteroatoms. The van der Waals surface area contributed by atoms with Crippen LogP contribution in [0.2, 0.25) is 0 Å². The van der Waals surface area contributed by atoms with E-state index in [1.54, 1.807) is 84.0 Å². The first-order chi connectivity index (χ1) is 41.5. The topological polar surface area (TPSA) is 416 Å². The smallest absolute Gasteiger partial charge is 0.328 e. The molecule has 2 aromatic rings. The zero-order valence-corrected chi connectivity index (χ0v) is 51.8. The minimum Gasteiger partial charge on any atom is -0.458 e. The van der Waals surface area contributed by atoms with Gasteiger partial charge in [0.05, 0.1) is 6.54 Å².